The predicted molar refractivity (Wildman–Crippen MR) is 56.9 cm³/mol. The minimum absolute atomic E-state index is 0.938. The van der Waals surface area contributed by atoms with Crippen molar-refractivity contribution in [1.82, 2.24) is 0 Å². The number of carbonyl (C=O) groups is 3. The first kappa shape index (κ1) is 14.5. The van der Waals surface area contributed by atoms with Gasteiger partial charge in [0.2, 0.25) is 0 Å². The van der Waals surface area contributed by atoms with Gasteiger partial charge in [-0.25, -0.2) is 0 Å². The van der Waals surface area contributed by atoms with Crippen molar-refractivity contribution < 1.29 is 29.7 Å². The van der Waals surface area contributed by atoms with Gasteiger partial charge in [0.15, 0.2) is 6.71 Å². The Kier molecular flexibility index (Phi) is 5.00. The molecule has 0 heterocycles. The summed E-state index contributed by atoms with van der Waals surface area (Å²) in [6.45, 7) is 3.04. The number of hydrogen-bond acceptors (Lipinski definition) is 3. The van der Waals surface area contributed by atoms with Crippen LogP contribution >= 0.6 is 0 Å². The van der Waals surface area contributed by atoms with Gasteiger partial charge in [-0.15, -0.1) is 0 Å². The van der Waals surface area contributed by atoms with Gasteiger partial charge in [0, 0.05) is 17.5 Å². The van der Waals surface area contributed by atoms with Crippen LogP contribution < -0.4 is 0 Å². The lowest BCUT2D eigenvalue weighted by molar-refractivity contribution is -0.137. The third-order valence-corrected chi connectivity index (χ3v) is 2.90. The predicted octanol–water partition coefficient (Wildman–Crippen LogP) is 0.905. The molecule has 0 aliphatic rings. The molecule has 0 fully saturated rings. The molecule has 6 nitrogen and oxygen atoms in total. The molecule has 90 valence electrons. The number of rotatable bonds is 6. The van der Waals surface area contributed by atoms with Gasteiger partial charge in [0.25, 0.3) is 17.9 Å². The molecule has 3 N–H and O–H groups in total. The Morgan fingerprint density at radius 3 is 1.06 bits per heavy atom. The highest BCUT2D eigenvalue weighted by Crippen LogP contribution is 2.31. The molecule has 0 rings (SSSR count). The van der Waals surface area contributed by atoms with Crippen LogP contribution in [0.25, 0.3) is 0 Å². The molecule has 0 spiro atoms. The zero-order chi connectivity index (χ0) is 13.0. The van der Waals surface area contributed by atoms with Crippen LogP contribution in [0, 0.1) is 0 Å². The summed E-state index contributed by atoms with van der Waals surface area (Å²) in [7, 11) is 0. The highest BCUT2D eigenvalue weighted by molar-refractivity contribution is 6.72. The van der Waals surface area contributed by atoms with Crippen LogP contribution in [0.1, 0.15) is 20.8 Å². The van der Waals surface area contributed by atoms with Crippen molar-refractivity contribution >= 4 is 24.6 Å². The van der Waals surface area contributed by atoms with Crippen molar-refractivity contribution in [3.8, 4) is 0 Å². The highest BCUT2D eigenvalue weighted by atomic mass is 16.4. The fourth-order valence-corrected chi connectivity index (χ4v) is 1.79. The molecule has 0 aromatic carbocycles. The maximum absolute atomic E-state index is 10.8. The molecule has 0 aromatic rings. The Morgan fingerprint density at radius 2 is 0.938 bits per heavy atom. The van der Waals surface area contributed by atoms with Gasteiger partial charge in [0.1, 0.15) is 0 Å². The van der Waals surface area contributed by atoms with E-state index in [1.807, 2.05) is 0 Å². The summed E-state index contributed by atoms with van der Waals surface area (Å²) in [5.74, 6) is -6.62. The van der Waals surface area contributed by atoms with E-state index in [9.17, 15) is 14.4 Å². The van der Waals surface area contributed by atoms with Crippen molar-refractivity contribution in [2.24, 2.45) is 0 Å². The molecule has 0 aliphatic heterocycles. The fourth-order valence-electron chi connectivity index (χ4n) is 1.79. The van der Waals surface area contributed by atoms with Crippen LogP contribution in [0.15, 0.2) is 0 Å². The summed E-state index contributed by atoms with van der Waals surface area (Å²) in [5, 5.41) is 26.5. The molecule has 0 bridgehead atoms. The fraction of sp³-hybridized carbons (Fsp3) is 0.667. The molecule has 3 unspecified atom stereocenters. The first-order chi connectivity index (χ1) is 7.20. The second-order valence-corrected chi connectivity index (χ2v) is 3.96. The molecule has 16 heavy (non-hydrogen) atoms. The number of aliphatic carboxylic acids is 3. The Bertz CT molecular complexity index is 255. The number of carboxylic acid groups (broad SMARTS) is 3. The molecule has 7 heteroatoms. The lowest BCUT2D eigenvalue weighted by atomic mass is 9.28. The average molecular weight is 230 g/mol. The summed E-state index contributed by atoms with van der Waals surface area (Å²) in [4.78, 5) is 32.4. The van der Waals surface area contributed by atoms with Gasteiger partial charge in [-0.3, -0.25) is 14.4 Å². The summed E-state index contributed by atoms with van der Waals surface area (Å²) in [6.07, 6.45) is 0. The molecule has 0 saturated heterocycles. The number of hydrogen-bond donors (Lipinski definition) is 3. The monoisotopic (exact) mass is 230 g/mol. The summed E-state index contributed by atoms with van der Waals surface area (Å²) >= 11 is 0. The molecule has 3 atom stereocenters. The van der Waals surface area contributed by atoms with Crippen molar-refractivity contribution in [3.05, 3.63) is 0 Å². The van der Waals surface area contributed by atoms with Gasteiger partial charge < -0.3 is 15.3 Å². The minimum Gasteiger partial charge on any atom is -0.482 e. The molecular formula is C9H15BO6. The van der Waals surface area contributed by atoms with Crippen LogP contribution in [0.4, 0.5) is 0 Å². The highest BCUT2D eigenvalue weighted by Gasteiger charge is 2.42. The van der Waals surface area contributed by atoms with E-state index < -0.39 is 42.1 Å². The lowest BCUT2D eigenvalue weighted by Crippen LogP contribution is -2.39. The Hall–Kier alpha value is -1.53. The lowest BCUT2D eigenvalue weighted by Gasteiger charge is -2.24. The maximum Gasteiger partial charge on any atom is 0.298 e. The van der Waals surface area contributed by atoms with E-state index in [0.29, 0.717) is 0 Å². The zero-order valence-electron chi connectivity index (χ0n) is 9.38. The Labute approximate surface area is 93.3 Å². The van der Waals surface area contributed by atoms with Gasteiger partial charge in [-0.05, 0) is 0 Å². The van der Waals surface area contributed by atoms with Gasteiger partial charge in [-0.2, -0.15) is 0 Å². The van der Waals surface area contributed by atoms with Crippen molar-refractivity contribution in [3.63, 3.8) is 0 Å². The smallest absolute Gasteiger partial charge is 0.298 e. The molecule has 0 saturated carbocycles. The molecular weight excluding hydrogens is 215 g/mol. The molecule has 0 amide bonds. The van der Waals surface area contributed by atoms with E-state index in [1.54, 1.807) is 0 Å². The van der Waals surface area contributed by atoms with Gasteiger partial charge in [0.05, 0.1) is 0 Å². The normalized spacial score (nSPS) is 15.9. The van der Waals surface area contributed by atoms with Crippen LogP contribution in [0.3, 0.4) is 0 Å². The molecule has 0 radical (unpaired) electrons. The summed E-state index contributed by atoms with van der Waals surface area (Å²) < 4.78 is 0. The summed E-state index contributed by atoms with van der Waals surface area (Å²) in [5.41, 5.74) is 0. The van der Waals surface area contributed by atoms with Crippen LogP contribution in [-0.4, -0.2) is 39.9 Å². The Morgan fingerprint density at radius 1 is 0.750 bits per heavy atom. The second kappa shape index (κ2) is 5.53. The SMILES string of the molecule is CC(B(C(C)C(=O)O)C(C)C(=O)O)C(=O)O. The van der Waals surface area contributed by atoms with E-state index in [4.69, 9.17) is 15.3 Å². The van der Waals surface area contributed by atoms with E-state index in [1.165, 1.54) is 20.8 Å². The Balaban J connectivity index is 5.12. The third kappa shape index (κ3) is 3.25. The largest absolute Gasteiger partial charge is 0.482 e. The second-order valence-electron chi connectivity index (χ2n) is 3.96. The first-order valence-electron chi connectivity index (χ1n) is 4.88. The van der Waals surface area contributed by atoms with Crippen molar-refractivity contribution in [1.29, 1.82) is 0 Å². The van der Waals surface area contributed by atoms with Gasteiger partial charge in [-0.1, -0.05) is 20.8 Å². The quantitative estimate of drug-likeness (QED) is 0.584. The standard InChI is InChI=1S/C9H15BO6/c1-4(7(11)12)10(5(2)8(13)14)6(3)9(15)16/h4-6H,1-3H3,(H,11,12)(H,13,14)(H,15,16). The third-order valence-electron chi connectivity index (χ3n) is 2.90. The van der Waals surface area contributed by atoms with Crippen LogP contribution in [0.5, 0.6) is 0 Å². The summed E-state index contributed by atoms with van der Waals surface area (Å²) in [6, 6.07) is 0. The first-order valence-corrected chi connectivity index (χ1v) is 4.88. The maximum atomic E-state index is 10.8. The van der Waals surface area contributed by atoms with Crippen molar-refractivity contribution in [2.75, 3.05) is 0 Å². The van der Waals surface area contributed by atoms with Crippen LogP contribution in [0.2, 0.25) is 17.5 Å². The zero-order valence-corrected chi connectivity index (χ0v) is 9.38. The van der Waals surface area contributed by atoms with E-state index in [2.05, 4.69) is 0 Å². The molecule has 0 aliphatic carbocycles. The minimum atomic E-state index is -1.19. The van der Waals surface area contributed by atoms with E-state index >= 15 is 0 Å². The van der Waals surface area contributed by atoms with E-state index in [-0.39, 0.29) is 0 Å². The van der Waals surface area contributed by atoms with Crippen LogP contribution in [-0.2, 0) is 14.4 Å². The van der Waals surface area contributed by atoms with E-state index in [0.717, 1.165) is 0 Å². The van der Waals surface area contributed by atoms with Crippen molar-refractivity contribution in [2.45, 2.75) is 38.2 Å². The number of carboxylic acids is 3. The van der Waals surface area contributed by atoms with Gasteiger partial charge >= 0.3 is 0 Å². The molecule has 0 aromatic heterocycles. The topological polar surface area (TPSA) is 112 Å². The average Bonchev–Trinajstić information content (AvgIpc) is 2.16.